The predicted octanol–water partition coefficient (Wildman–Crippen LogP) is 4.69. The largest absolute Gasteiger partial charge is 0.488 e. The molecule has 0 bridgehead atoms. The molecule has 0 saturated carbocycles. The molecule has 30 heavy (non-hydrogen) atoms. The van der Waals surface area contributed by atoms with Gasteiger partial charge in [-0.1, -0.05) is 19.9 Å². The van der Waals surface area contributed by atoms with Crippen molar-refractivity contribution < 1.29 is 9.53 Å². The van der Waals surface area contributed by atoms with Gasteiger partial charge in [-0.05, 0) is 67.0 Å². The number of carbonyl (C=O) groups excluding carboxylic acids is 1. The fourth-order valence-corrected chi connectivity index (χ4v) is 4.11. The van der Waals surface area contributed by atoms with Crippen molar-refractivity contribution >= 4 is 5.78 Å². The molecule has 0 aliphatic heterocycles. The van der Waals surface area contributed by atoms with Crippen LogP contribution in [0.1, 0.15) is 53.9 Å². The van der Waals surface area contributed by atoms with Crippen molar-refractivity contribution in [3.05, 3.63) is 77.6 Å². The Morgan fingerprint density at radius 3 is 2.73 bits per heavy atom. The van der Waals surface area contributed by atoms with E-state index in [1.807, 2.05) is 43.0 Å². The lowest BCUT2D eigenvalue weighted by Gasteiger charge is -2.27. The molecule has 0 spiro atoms. The van der Waals surface area contributed by atoms with Crippen LogP contribution < -0.4 is 4.74 Å². The number of aryl methyl sites for hydroxylation is 1. The lowest BCUT2D eigenvalue weighted by atomic mass is 9.85. The van der Waals surface area contributed by atoms with E-state index in [0.717, 1.165) is 49.2 Å². The number of rotatable bonds is 8. The van der Waals surface area contributed by atoms with Gasteiger partial charge < -0.3 is 9.30 Å². The van der Waals surface area contributed by atoms with E-state index >= 15 is 0 Å². The SMILES string of the molecule is CC(C)[C@@H](Cn1ccnc1)Oc1ccc2c(c1CCc1ccccn1)CCCC2=O. The molecule has 1 aromatic carbocycles. The summed E-state index contributed by atoms with van der Waals surface area (Å²) in [6, 6.07) is 9.97. The van der Waals surface area contributed by atoms with Gasteiger partial charge in [0, 0.05) is 36.3 Å². The Hall–Kier alpha value is -2.95. The van der Waals surface area contributed by atoms with Crippen LogP contribution in [-0.2, 0) is 25.8 Å². The smallest absolute Gasteiger partial charge is 0.163 e. The van der Waals surface area contributed by atoms with Gasteiger partial charge in [0.15, 0.2) is 5.78 Å². The lowest BCUT2D eigenvalue weighted by Crippen LogP contribution is -2.29. The summed E-state index contributed by atoms with van der Waals surface area (Å²) in [4.78, 5) is 21.1. The van der Waals surface area contributed by atoms with Crippen molar-refractivity contribution in [1.29, 1.82) is 0 Å². The van der Waals surface area contributed by atoms with E-state index in [1.54, 1.807) is 6.20 Å². The van der Waals surface area contributed by atoms with Crippen LogP contribution in [0.2, 0.25) is 0 Å². The number of carbonyl (C=O) groups is 1. The molecular formula is C25H29N3O2. The zero-order valence-corrected chi connectivity index (χ0v) is 17.8. The van der Waals surface area contributed by atoms with Crippen LogP contribution in [0.3, 0.4) is 0 Å². The first kappa shape index (κ1) is 20.3. The van der Waals surface area contributed by atoms with Crippen molar-refractivity contribution in [3.8, 4) is 5.75 Å². The monoisotopic (exact) mass is 403 g/mol. The molecule has 1 atom stereocenters. The van der Waals surface area contributed by atoms with Crippen LogP contribution in [0.4, 0.5) is 0 Å². The molecule has 4 rings (SSSR count). The third-order valence-electron chi connectivity index (χ3n) is 5.85. The topological polar surface area (TPSA) is 57.0 Å². The first-order valence-corrected chi connectivity index (χ1v) is 10.8. The second kappa shape index (κ2) is 9.24. The van der Waals surface area contributed by atoms with Crippen LogP contribution in [0.25, 0.3) is 0 Å². The van der Waals surface area contributed by atoms with Crippen molar-refractivity contribution in [2.75, 3.05) is 0 Å². The molecule has 0 radical (unpaired) electrons. The maximum atomic E-state index is 12.5. The van der Waals surface area contributed by atoms with E-state index < -0.39 is 0 Å². The molecule has 0 amide bonds. The third-order valence-corrected chi connectivity index (χ3v) is 5.85. The standard InChI is InChI=1S/C25H29N3O2/c1-18(2)25(16-28-15-14-26-17-28)30-24-12-11-21-20(7-5-8-23(21)29)22(24)10-9-19-6-3-4-13-27-19/h3-4,6,11-15,17-18,25H,5,7-10,16H2,1-2H3/t25-/m1/s1. The fourth-order valence-electron chi connectivity index (χ4n) is 4.11. The molecule has 156 valence electrons. The maximum absolute atomic E-state index is 12.5. The maximum Gasteiger partial charge on any atom is 0.163 e. The highest BCUT2D eigenvalue weighted by molar-refractivity contribution is 5.99. The number of fused-ring (bicyclic) bond motifs is 1. The van der Waals surface area contributed by atoms with Crippen molar-refractivity contribution in [3.63, 3.8) is 0 Å². The Kier molecular flexibility index (Phi) is 6.26. The quantitative estimate of drug-likeness (QED) is 0.548. The fraction of sp³-hybridized carbons (Fsp3) is 0.400. The molecule has 0 fully saturated rings. The number of hydrogen-bond acceptors (Lipinski definition) is 4. The number of ether oxygens (including phenoxy) is 1. The lowest BCUT2D eigenvalue weighted by molar-refractivity contribution is 0.0971. The number of ketones is 1. The Labute approximate surface area is 178 Å². The minimum Gasteiger partial charge on any atom is -0.488 e. The molecule has 2 aromatic heterocycles. The van der Waals surface area contributed by atoms with Gasteiger partial charge in [0.05, 0.1) is 12.9 Å². The Morgan fingerprint density at radius 2 is 2.00 bits per heavy atom. The minimum atomic E-state index is 0.0187. The van der Waals surface area contributed by atoms with E-state index in [9.17, 15) is 4.79 Å². The number of imidazole rings is 1. The van der Waals surface area contributed by atoms with Crippen LogP contribution in [0.15, 0.2) is 55.2 Å². The van der Waals surface area contributed by atoms with Gasteiger partial charge in [0.25, 0.3) is 0 Å². The van der Waals surface area contributed by atoms with E-state index in [-0.39, 0.29) is 11.9 Å². The summed E-state index contributed by atoms with van der Waals surface area (Å²) in [6.45, 7) is 5.10. The van der Waals surface area contributed by atoms with E-state index in [2.05, 4.69) is 34.4 Å². The van der Waals surface area contributed by atoms with Gasteiger partial charge in [-0.3, -0.25) is 9.78 Å². The summed E-state index contributed by atoms with van der Waals surface area (Å²) in [5, 5.41) is 0. The summed E-state index contributed by atoms with van der Waals surface area (Å²) in [6.07, 6.45) is 11.6. The van der Waals surface area contributed by atoms with Crippen molar-refractivity contribution in [2.24, 2.45) is 5.92 Å². The summed E-state index contributed by atoms with van der Waals surface area (Å²) < 4.78 is 8.65. The number of hydrogen-bond donors (Lipinski definition) is 0. The number of pyridine rings is 1. The second-order valence-electron chi connectivity index (χ2n) is 8.33. The zero-order chi connectivity index (χ0) is 20.9. The molecule has 5 nitrogen and oxygen atoms in total. The number of aromatic nitrogens is 3. The van der Waals surface area contributed by atoms with Gasteiger partial charge >= 0.3 is 0 Å². The van der Waals surface area contributed by atoms with E-state index in [0.29, 0.717) is 12.3 Å². The number of nitrogens with zero attached hydrogens (tertiary/aromatic N) is 3. The average Bonchev–Trinajstić information content (AvgIpc) is 3.26. The number of benzene rings is 1. The van der Waals surface area contributed by atoms with E-state index in [4.69, 9.17) is 4.74 Å². The van der Waals surface area contributed by atoms with Gasteiger partial charge in [-0.2, -0.15) is 0 Å². The van der Waals surface area contributed by atoms with Crippen LogP contribution >= 0.6 is 0 Å². The highest BCUT2D eigenvalue weighted by Gasteiger charge is 2.25. The van der Waals surface area contributed by atoms with Crippen LogP contribution in [0, 0.1) is 5.92 Å². The highest BCUT2D eigenvalue weighted by Crippen LogP contribution is 2.33. The van der Waals surface area contributed by atoms with Gasteiger partial charge in [0.1, 0.15) is 11.9 Å². The van der Waals surface area contributed by atoms with E-state index in [1.165, 1.54) is 11.1 Å². The van der Waals surface area contributed by atoms with Crippen molar-refractivity contribution in [1.82, 2.24) is 14.5 Å². The summed E-state index contributed by atoms with van der Waals surface area (Å²) >= 11 is 0. The van der Waals surface area contributed by atoms with Crippen molar-refractivity contribution in [2.45, 2.75) is 58.6 Å². The minimum absolute atomic E-state index is 0.0187. The summed E-state index contributed by atoms with van der Waals surface area (Å²) in [5.41, 5.74) is 4.27. The zero-order valence-electron chi connectivity index (χ0n) is 17.8. The molecule has 0 N–H and O–H groups in total. The van der Waals surface area contributed by atoms with Gasteiger partial charge in [-0.25, -0.2) is 4.98 Å². The molecule has 5 heteroatoms. The normalized spacial score (nSPS) is 14.6. The van der Waals surface area contributed by atoms with Crippen LogP contribution in [-0.4, -0.2) is 26.4 Å². The average molecular weight is 404 g/mol. The van der Waals surface area contributed by atoms with Gasteiger partial charge in [0.2, 0.25) is 0 Å². The Balaban J connectivity index is 1.64. The first-order valence-electron chi connectivity index (χ1n) is 10.8. The predicted molar refractivity (Wildman–Crippen MR) is 117 cm³/mol. The highest BCUT2D eigenvalue weighted by atomic mass is 16.5. The molecule has 1 aliphatic carbocycles. The molecule has 1 aliphatic rings. The van der Waals surface area contributed by atoms with Gasteiger partial charge in [-0.15, -0.1) is 0 Å². The summed E-state index contributed by atoms with van der Waals surface area (Å²) in [5.74, 6) is 1.49. The van der Waals surface area contributed by atoms with Crippen LogP contribution in [0.5, 0.6) is 5.75 Å². The molecule has 0 unspecified atom stereocenters. The number of Topliss-reactive ketones (excluding diaryl/α,β-unsaturated/α-hetero) is 1. The Bertz CT molecular complexity index is 981. The molecular weight excluding hydrogens is 374 g/mol. The first-order chi connectivity index (χ1) is 14.6. The molecule has 3 aromatic rings. The summed E-state index contributed by atoms with van der Waals surface area (Å²) in [7, 11) is 0. The molecule has 2 heterocycles. The third kappa shape index (κ3) is 4.61. The molecule has 0 saturated heterocycles. The second-order valence-corrected chi connectivity index (χ2v) is 8.33. The Morgan fingerprint density at radius 1 is 1.10 bits per heavy atom.